The zero-order valence-corrected chi connectivity index (χ0v) is 16.5. The van der Waals surface area contributed by atoms with Gasteiger partial charge in [-0.1, -0.05) is 32.0 Å². The summed E-state index contributed by atoms with van der Waals surface area (Å²) in [5, 5.41) is 9.66. The second-order valence-corrected chi connectivity index (χ2v) is 8.11. The highest BCUT2D eigenvalue weighted by Crippen LogP contribution is 2.38. The van der Waals surface area contributed by atoms with E-state index in [9.17, 15) is 23.1 Å². The average molecular weight is 406 g/mol. The van der Waals surface area contributed by atoms with Crippen LogP contribution in [0.15, 0.2) is 42.5 Å². The van der Waals surface area contributed by atoms with Crippen molar-refractivity contribution in [2.45, 2.75) is 45.2 Å². The molecule has 156 valence electrons. The Kier molecular flexibility index (Phi) is 6.20. The van der Waals surface area contributed by atoms with Crippen LogP contribution in [0.3, 0.4) is 0 Å². The van der Waals surface area contributed by atoms with Crippen LogP contribution in [0.4, 0.5) is 13.2 Å². The van der Waals surface area contributed by atoms with E-state index in [4.69, 9.17) is 4.74 Å². The summed E-state index contributed by atoms with van der Waals surface area (Å²) in [6.45, 7) is 4.47. The fraction of sp³-hybridized carbons (Fsp3) is 0.435. The predicted molar refractivity (Wildman–Crippen MR) is 105 cm³/mol. The third-order valence-corrected chi connectivity index (χ3v) is 5.11. The summed E-state index contributed by atoms with van der Waals surface area (Å²) < 4.78 is 44.6. The van der Waals surface area contributed by atoms with Crippen molar-refractivity contribution >= 4 is 5.97 Å². The molecular weight excluding hydrogens is 381 g/mol. The number of ether oxygens (including phenoxy) is 1. The lowest BCUT2D eigenvalue weighted by molar-refractivity contribution is -0.139. The molecule has 3 rings (SSSR count). The van der Waals surface area contributed by atoms with E-state index in [1.54, 1.807) is 18.2 Å². The highest BCUT2D eigenvalue weighted by molar-refractivity contribution is 5.79. The van der Waals surface area contributed by atoms with Crippen LogP contribution in [0, 0.1) is 11.8 Å². The molecule has 3 nitrogen and oxygen atoms in total. The van der Waals surface area contributed by atoms with Gasteiger partial charge in [0.25, 0.3) is 0 Å². The molecule has 1 N–H and O–H groups in total. The van der Waals surface area contributed by atoms with Gasteiger partial charge in [0.1, 0.15) is 5.75 Å². The Morgan fingerprint density at radius 2 is 1.79 bits per heavy atom. The standard InChI is InChI=1S/C23H25F3O3/c1-14(2)11-20(22(27)28)17-7-10-21(29-13-15-3-4-15)19(12-17)16-5-8-18(9-6-16)23(24,25)26/h5-10,12,14-15,20H,3-4,11,13H2,1-2H3,(H,27,28). The van der Waals surface area contributed by atoms with Crippen LogP contribution in [0.25, 0.3) is 11.1 Å². The van der Waals surface area contributed by atoms with Crippen molar-refractivity contribution in [2.75, 3.05) is 6.61 Å². The number of halogens is 3. The van der Waals surface area contributed by atoms with Gasteiger partial charge >= 0.3 is 12.1 Å². The van der Waals surface area contributed by atoms with Gasteiger partial charge in [0.2, 0.25) is 0 Å². The molecule has 1 saturated carbocycles. The number of carboxylic acid groups (broad SMARTS) is 1. The summed E-state index contributed by atoms with van der Waals surface area (Å²) in [5.41, 5.74) is 1.09. The smallest absolute Gasteiger partial charge is 0.416 e. The monoisotopic (exact) mass is 406 g/mol. The Labute approximate surface area is 168 Å². The second kappa shape index (κ2) is 8.47. The summed E-state index contributed by atoms with van der Waals surface area (Å²) in [6, 6.07) is 10.1. The SMILES string of the molecule is CC(C)CC(C(=O)O)c1ccc(OCC2CC2)c(-c2ccc(C(F)(F)F)cc2)c1. The zero-order chi connectivity index (χ0) is 21.2. The van der Waals surface area contributed by atoms with E-state index in [0.717, 1.165) is 25.0 Å². The number of hydrogen-bond acceptors (Lipinski definition) is 2. The largest absolute Gasteiger partial charge is 0.493 e. The van der Waals surface area contributed by atoms with E-state index in [0.29, 0.717) is 41.4 Å². The third kappa shape index (κ3) is 5.52. The van der Waals surface area contributed by atoms with Crippen molar-refractivity contribution in [2.24, 2.45) is 11.8 Å². The average Bonchev–Trinajstić information content (AvgIpc) is 3.48. The first-order chi connectivity index (χ1) is 13.6. The molecule has 29 heavy (non-hydrogen) atoms. The highest BCUT2D eigenvalue weighted by atomic mass is 19.4. The molecule has 2 aromatic rings. The van der Waals surface area contributed by atoms with Crippen LogP contribution >= 0.6 is 0 Å². The van der Waals surface area contributed by atoms with E-state index >= 15 is 0 Å². The van der Waals surface area contributed by atoms with Gasteiger partial charge in [-0.15, -0.1) is 0 Å². The molecule has 0 heterocycles. The lowest BCUT2D eigenvalue weighted by atomic mass is 9.88. The topological polar surface area (TPSA) is 46.5 Å². The molecule has 0 aliphatic heterocycles. The second-order valence-electron chi connectivity index (χ2n) is 8.11. The Balaban J connectivity index is 1.99. The minimum Gasteiger partial charge on any atom is -0.493 e. The van der Waals surface area contributed by atoms with Crippen LogP contribution in [0.5, 0.6) is 5.75 Å². The third-order valence-electron chi connectivity index (χ3n) is 5.11. The molecule has 6 heteroatoms. The Bertz CT molecular complexity index is 853. The van der Waals surface area contributed by atoms with Crippen molar-refractivity contribution < 1.29 is 27.8 Å². The minimum atomic E-state index is -4.41. The maximum Gasteiger partial charge on any atom is 0.416 e. The van der Waals surface area contributed by atoms with E-state index in [-0.39, 0.29) is 5.92 Å². The maximum atomic E-state index is 12.9. The number of carboxylic acids is 1. The van der Waals surface area contributed by atoms with Crippen molar-refractivity contribution in [3.63, 3.8) is 0 Å². The summed E-state index contributed by atoms with van der Waals surface area (Å²) in [6.07, 6.45) is -1.70. The van der Waals surface area contributed by atoms with Crippen LogP contribution < -0.4 is 4.74 Å². The zero-order valence-electron chi connectivity index (χ0n) is 16.5. The van der Waals surface area contributed by atoms with Crippen molar-refractivity contribution in [1.82, 2.24) is 0 Å². The number of aliphatic carboxylic acids is 1. The molecular formula is C23H25F3O3. The normalized spacial score (nSPS) is 15.4. The van der Waals surface area contributed by atoms with Gasteiger partial charge in [-0.2, -0.15) is 13.2 Å². The molecule has 2 aromatic carbocycles. The maximum absolute atomic E-state index is 12.9. The molecule has 1 atom stereocenters. The summed E-state index contributed by atoms with van der Waals surface area (Å²) in [5.74, 6) is -0.322. The molecule has 0 amide bonds. The Morgan fingerprint density at radius 1 is 1.14 bits per heavy atom. The van der Waals surface area contributed by atoms with Gasteiger partial charge in [-0.05, 0) is 66.5 Å². The number of benzene rings is 2. The lowest BCUT2D eigenvalue weighted by Gasteiger charge is -2.19. The molecule has 1 aliphatic rings. The summed E-state index contributed by atoms with van der Waals surface area (Å²) in [4.78, 5) is 11.8. The van der Waals surface area contributed by atoms with Crippen LogP contribution in [-0.2, 0) is 11.0 Å². The molecule has 0 aromatic heterocycles. The number of rotatable bonds is 8. The quantitative estimate of drug-likeness (QED) is 0.554. The first-order valence-electron chi connectivity index (χ1n) is 9.82. The number of alkyl halides is 3. The van der Waals surface area contributed by atoms with E-state index in [2.05, 4.69) is 0 Å². The summed E-state index contributed by atoms with van der Waals surface area (Å²) in [7, 11) is 0. The van der Waals surface area contributed by atoms with Gasteiger partial charge in [0, 0.05) is 5.56 Å². The molecule has 0 saturated heterocycles. The van der Waals surface area contributed by atoms with Crippen molar-refractivity contribution in [1.29, 1.82) is 0 Å². The van der Waals surface area contributed by atoms with E-state index in [1.807, 2.05) is 13.8 Å². The molecule has 0 spiro atoms. The molecule has 0 radical (unpaired) electrons. The lowest BCUT2D eigenvalue weighted by Crippen LogP contribution is -2.14. The first-order valence-corrected chi connectivity index (χ1v) is 9.82. The molecule has 0 bridgehead atoms. The predicted octanol–water partition coefficient (Wildman–Crippen LogP) is 6.38. The minimum absolute atomic E-state index is 0.191. The van der Waals surface area contributed by atoms with Gasteiger partial charge < -0.3 is 9.84 Å². The van der Waals surface area contributed by atoms with Crippen molar-refractivity contribution in [3.8, 4) is 16.9 Å². The van der Waals surface area contributed by atoms with E-state index in [1.165, 1.54) is 12.1 Å². The first kappa shape index (κ1) is 21.2. The highest BCUT2D eigenvalue weighted by Gasteiger charge is 2.30. The van der Waals surface area contributed by atoms with Crippen LogP contribution in [0.1, 0.15) is 50.2 Å². The Hall–Kier alpha value is -2.50. The van der Waals surface area contributed by atoms with Gasteiger partial charge in [0.15, 0.2) is 0 Å². The fourth-order valence-electron chi connectivity index (χ4n) is 3.30. The van der Waals surface area contributed by atoms with Crippen LogP contribution in [-0.4, -0.2) is 17.7 Å². The molecule has 1 fully saturated rings. The van der Waals surface area contributed by atoms with E-state index < -0.39 is 23.6 Å². The van der Waals surface area contributed by atoms with Gasteiger partial charge in [-0.25, -0.2) is 0 Å². The molecule has 1 unspecified atom stereocenters. The molecule has 1 aliphatic carbocycles. The van der Waals surface area contributed by atoms with Crippen molar-refractivity contribution in [3.05, 3.63) is 53.6 Å². The van der Waals surface area contributed by atoms with Crippen LogP contribution in [0.2, 0.25) is 0 Å². The fourth-order valence-corrected chi connectivity index (χ4v) is 3.30. The van der Waals surface area contributed by atoms with Gasteiger partial charge in [0.05, 0.1) is 18.1 Å². The Morgan fingerprint density at radius 3 is 2.31 bits per heavy atom. The number of hydrogen-bond donors (Lipinski definition) is 1. The summed E-state index contributed by atoms with van der Waals surface area (Å²) >= 11 is 0. The number of carbonyl (C=O) groups is 1. The van der Waals surface area contributed by atoms with Gasteiger partial charge in [-0.3, -0.25) is 4.79 Å².